The average Bonchev–Trinajstić information content (AvgIpc) is 3.14. The highest BCUT2D eigenvalue weighted by Crippen LogP contribution is 2.26. The number of nitrogens with one attached hydrogen (secondary N) is 1. The summed E-state index contributed by atoms with van der Waals surface area (Å²) in [6.07, 6.45) is 0.977. The van der Waals surface area contributed by atoms with Gasteiger partial charge in [-0.25, -0.2) is 4.98 Å². The fourth-order valence-electron chi connectivity index (χ4n) is 2.42. The maximum Gasteiger partial charge on any atom is 0.264 e. The third-order valence-corrected chi connectivity index (χ3v) is 4.58. The summed E-state index contributed by atoms with van der Waals surface area (Å²) in [7, 11) is 0. The summed E-state index contributed by atoms with van der Waals surface area (Å²) >= 11 is 1.39. The number of amides is 1. The minimum atomic E-state index is -0.234. The predicted octanol–water partition coefficient (Wildman–Crippen LogP) is 4.92. The zero-order valence-corrected chi connectivity index (χ0v) is 16.2. The fourth-order valence-corrected chi connectivity index (χ4v) is 3.16. The van der Waals surface area contributed by atoms with E-state index in [1.807, 2.05) is 60.8 Å². The molecule has 0 fully saturated rings. The van der Waals surface area contributed by atoms with Crippen LogP contribution in [0.1, 0.15) is 18.9 Å². The molecule has 0 aliphatic carbocycles. The second-order valence-electron chi connectivity index (χ2n) is 6.01. The van der Waals surface area contributed by atoms with Gasteiger partial charge >= 0.3 is 0 Å². The molecule has 140 valence electrons. The first-order valence-electron chi connectivity index (χ1n) is 8.82. The Bertz CT molecular complexity index is 890. The van der Waals surface area contributed by atoms with Gasteiger partial charge in [-0.1, -0.05) is 25.1 Å². The lowest BCUT2D eigenvalue weighted by molar-refractivity contribution is -0.118. The van der Waals surface area contributed by atoms with Crippen LogP contribution in [0.3, 0.4) is 0 Å². The topological polar surface area (TPSA) is 60.5 Å². The molecule has 27 heavy (non-hydrogen) atoms. The van der Waals surface area contributed by atoms with E-state index in [4.69, 9.17) is 9.47 Å². The Kier molecular flexibility index (Phi) is 6.44. The highest BCUT2D eigenvalue weighted by Gasteiger charge is 2.09. The van der Waals surface area contributed by atoms with Crippen molar-refractivity contribution in [1.29, 1.82) is 0 Å². The Hall–Kier alpha value is -2.86. The van der Waals surface area contributed by atoms with Gasteiger partial charge in [0.25, 0.3) is 5.91 Å². The molecular formula is C21H22N2O3S. The minimum absolute atomic E-state index is 0.0524. The van der Waals surface area contributed by atoms with Crippen LogP contribution in [0.5, 0.6) is 11.5 Å². The van der Waals surface area contributed by atoms with E-state index < -0.39 is 0 Å². The van der Waals surface area contributed by atoms with Gasteiger partial charge in [-0.2, -0.15) is 0 Å². The van der Waals surface area contributed by atoms with Crippen molar-refractivity contribution in [2.24, 2.45) is 0 Å². The van der Waals surface area contributed by atoms with Crippen LogP contribution in [0.2, 0.25) is 0 Å². The maximum absolute atomic E-state index is 12.1. The highest BCUT2D eigenvalue weighted by molar-refractivity contribution is 7.14. The van der Waals surface area contributed by atoms with Crippen LogP contribution in [0.25, 0.3) is 11.3 Å². The van der Waals surface area contributed by atoms with Gasteiger partial charge in [0.15, 0.2) is 11.7 Å². The van der Waals surface area contributed by atoms with Gasteiger partial charge in [0.05, 0.1) is 12.3 Å². The molecule has 0 spiro atoms. The van der Waals surface area contributed by atoms with Crippen molar-refractivity contribution in [2.75, 3.05) is 18.5 Å². The number of rotatable bonds is 8. The summed E-state index contributed by atoms with van der Waals surface area (Å²) in [5, 5.41) is 5.25. The Labute approximate surface area is 163 Å². The van der Waals surface area contributed by atoms with Gasteiger partial charge in [-0.3, -0.25) is 10.1 Å². The minimum Gasteiger partial charge on any atom is -0.494 e. The number of para-hydroxylation sites is 1. The number of carbonyl (C=O) groups excluding carboxylic acids is 1. The van der Waals surface area contributed by atoms with Crippen molar-refractivity contribution in [3.8, 4) is 22.8 Å². The Balaban J connectivity index is 1.55. The van der Waals surface area contributed by atoms with E-state index in [0.29, 0.717) is 17.5 Å². The lowest BCUT2D eigenvalue weighted by Crippen LogP contribution is -2.20. The molecule has 0 saturated carbocycles. The van der Waals surface area contributed by atoms with E-state index in [1.165, 1.54) is 11.3 Å². The molecule has 2 aromatic carbocycles. The van der Waals surface area contributed by atoms with Gasteiger partial charge in [-0.15, -0.1) is 11.3 Å². The van der Waals surface area contributed by atoms with Gasteiger partial charge in [0.2, 0.25) is 0 Å². The van der Waals surface area contributed by atoms with Crippen LogP contribution in [0.15, 0.2) is 53.9 Å². The summed E-state index contributed by atoms with van der Waals surface area (Å²) < 4.78 is 11.1. The molecule has 0 unspecified atom stereocenters. The summed E-state index contributed by atoms with van der Waals surface area (Å²) in [5.74, 6) is 1.32. The van der Waals surface area contributed by atoms with E-state index in [9.17, 15) is 4.79 Å². The third-order valence-electron chi connectivity index (χ3n) is 3.83. The zero-order valence-electron chi connectivity index (χ0n) is 15.4. The quantitative estimate of drug-likeness (QED) is 0.600. The normalized spacial score (nSPS) is 10.4. The maximum atomic E-state index is 12.1. The highest BCUT2D eigenvalue weighted by atomic mass is 32.1. The SMILES string of the molecule is CCCOc1ccc(-c2csc(NC(=O)COc3ccccc3C)n2)cc1. The standard InChI is InChI=1S/C21H22N2O3S/c1-3-12-25-17-10-8-16(9-11-17)18-14-27-21(22-18)23-20(24)13-26-19-7-5-4-6-15(19)2/h4-11,14H,3,12-13H2,1-2H3,(H,22,23,24). The molecule has 1 amide bonds. The fraction of sp³-hybridized carbons (Fsp3) is 0.238. The largest absolute Gasteiger partial charge is 0.494 e. The number of anilines is 1. The number of aromatic nitrogens is 1. The van der Waals surface area contributed by atoms with Crippen molar-refractivity contribution in [2.45, 2.75) is 20.3 Å². The van der Waals surface area contributed by atoms with Gasteiger partial charge in [-0.05, 0) is 49.2 Å². The number of nitrogens with zero attached hydrogens (tertiary/aromatic N) is 1. The van der Waals surface area contributed by atoms with Crippen LogP contribution in [0, 0.1) is 6.92 Å². The van der Waals surface area contributed by atoms with Crippen LogP contribution in [-0.2, 0) is 4.79 Å². The molecular weight excluding hydrogens is 360 g/mol. The van der Waals surface area contributed by atoms with Crippen molar-refractivity contribution in [3.63, 3.8) is 0 Å². The molecule has 6 heteroatoms. The van der Waals surface area contributed by atoms with E-state index in [1.54, 1.807) is 0 Å². The lowest BCUT2D eigenvalue weighted by Gasteiger charge is -2.08. The van der Waals surface area contributed by atoms with Gasteiger partial charge < -0.3 is 9.47 Å². The van der Waals surface area contributed by atoms with Crippen LogP contribution in [-0.4, -0.2) is 24.1 Å². The lowest BCUT2D eigenvalue weighted by atomic mass is 10.2. The van der Waals surface area contributed by atoms with Crippen LogP contribution in [0.4, 0.5) is 5.13 Å². The summed E-state index contributed by atoms with van der Waals surface area (Å²) in [6.45, 7) is 4.67. The summed E-state index contributed by atoms with van der Waals surface area (Å²) in [5.41, 5.74) is 2.79. The second-order valence-corrected chi connectivity index (χ2v) is 6.87. The third kappa shape index (κ3) is 5.31. The van der Waals surface area contributed by atoms with Crippen molar-refractivity contribution < 1.29 is 14.3 Å². The first kappa shape index (κ1) is 18.9. The molecule has 0 aliphatic heterocycles. The molecule has 3 rings (SSSR count). The van der Waals surface area contributed by atoms with E-state index >= 15 is 0 Å². The number of aryl methyl sites for hydroxylation is 1. The first-order valence-corrected chi connectivity index (χ1v) is 9.70. The molecule has 1 heterocycles. The molecule has 3 aromatic rings. The number of benzene rings is 2. The predicted molar refractivity (Wildman–Crippen MR) is 109 cm³/mol. The number of hydrogen-bond acceptors (Lipinski definition) is 5. The van der Waals surface area contributed by atoms with Gasteiger partial charge in [0.1, 0.15) is 11.5 Å². The second kappa shape index (κ2) is 9.19. The number of hydrogen-bond donors (Lipinski definition) is 1. The molecule has 0 aliphatic rings. The Morgan fingerprint density at radius 1 is 1.11 bits per heavy atom. The smallest absolute Gasteiger partial charge is 0.264 e. The monoisotopic (exact) mass is 382 g/mol. The molecule has 5 nitrogen and oxygen atoms in total. The molecule has 0 saturated heterocycles. The molecule has 1 aromatic heterocycles. The molecule has 0 atom stereocenters. The zero-order chi connectivity index (χ0) is 19.1. The van der Waals surface area contributed by atoms with Crippen LogP contribution >= 0.6 is 11.3 Å². The van der Waals surface area contributed by atoms with Crippen molar-refractivity contribution in [1.82, 2.24) is 4.98 Å². The van der Waals surface area contributed by atoms with Crippen molar-refractivity contribution in [3.05, 3.63) is 59.5 Å². The number of ether oxygens (including phenoxy) is 2. The Morgan fingerprint density at radius 3 is 2.63 bits per heavy atom. The number of carbonyl (C=O) groups is 1. The Morgan fingerprint density at radius 2 is 1.89 bits per heavy atom. The van der Waals surface area contributed by atoms with Gasteiger partial charge in [0, 0.05) is 10.9 Å². The molecule has 0 bridgehead atoms. The van der Waals surface area contributed by atoms with Crippen LogP contribution < -0.4 is 14.8 Å². The molecule has 0 radical (unpaired) electrons. The number of thiazole rings is 1. The average molecular weight is 382 g/mol. The van der Waals surface area contributed by atoms with Crippen molar-refractivity contribution >= 4 is 22.4 Å². The molecule has 1 N–H and O–H groups in total. The summed E-state index contributed by atoms with van der Waals surface area (Å²) in [4.78, 5) is 16.6. The van der Waals surface area contributed by atoms with E-state index in [0.717, 1.165) is 29.0 Å². The van der Waals surface area contributed by atoms with E-state index in [-0.39, 0.29) is 12.5 Å². The first-order chi connectivity index (χ1) is 13.2. The summed E-state index contributed by atoms with van der Waals surface area (Å²) in [6, 6.07) is 15.4. The van der Waals surface area contributed by atoms with E-state index in [2.05, 4.69) is 17.2 Å².